The number of carbonyl (C=O) groups is 3. The summed E-state index contributed by atoms with van der Waals surface area (Å²) in [4.78, 5) is 42.5. The fourth-order valence-corrected chi connectivity index (χ4v) is 3.62. The lowest BCUT2D eigenvalue weighted by molar-refractivity contribution is -0.117. The highest BCUT2D eigenvalue weighted by atomic mass is 16.2. The zero-order chi connectivity index (χ0) is 23.7. The van der Waals surface area contributed by atoms with Crippen LogP contribution in [0.1, 0.15) is 34.5 Å². The molecule has 3 N–H and O–H groups in total. The Morgan fingerprint density at radius 1 is 1.09 bits per heavy atom. The number of aryl methyl sites for hydroxylation is 1. The highest BCUT2D eigenvalue weighted by Gasteiger charge is 2.33. The van der Waals surface area contributed by atoms with E-state index in [1.165, 1.54) is 11.8 Å². The number of anilines is 1. The Hall–Kier alpha value is -4.53. The summed E-state index contributed by atoms with van der Waals surface area (Å²) in [6, 6.07) is 12.8. The first-order valence-corrected chi connectivity index (χ1v) is 10.1. The third kappa shape index (κ3) is 4.29. The Kier molecular flexibility index (Phi) is 5.61. The van der Waals surface area contributed by atoms with Crippen molar-refractivity contribution in [1.29, 1.82) is 0 Å². The molecule has 1 aromatic heterocycles. The number of benzene rings is 2. The number of amides is 3. The van der Waals surface area contributed by atoms with Crippen LogP contribution in [0.15, 0.2) is 61.3 Å². The van der Waals surface area contributed by atoms with Crippen LogP contribution in [-0.2, 0) is 16.1 Å². The number of fused-ring (bicyclic) bond motifs is 1. The van der Waals surface area contributed by atoms with Crippen molar-refractivity contribution in [2.75, 3.05) is 5.32 Å². The van der Waals surface area contributed by atoms with Crippen LogP contribution in [0.5, 0.6) is 0 Å². The molecule has 0 unspecified atom stereocenters. The van der Waals surface area contributed by atoms with Gasteiger partial charge in [-0.15, -0.1) is 0 Å². The minimum absolute atomic E-state index is 0.00318. The van der Waals surface area contributed by atoms with Crippen LogP contribution in [0.4, 0.5) is 5.69 Å². The van der Waals surface area contributed by atoms with Crippen molar-refractivity contribution in [2.45, 2.75) is 20.4 Å². The molecule has 0 radical (unpaired) electrons. The number of nitrogens with one attached hydrogen (secondary N) is 3. The van der Waals surface area contributed by atoms with Crippen molar-refractivity contribution >= 4 is 29.1 Å². The summed E-state index contributed by atoms with van der Waals surface area (Å²) in [6.07, 6.45) is 0. The van der Waals surface area contributed by atoms with Gasteiger partial charge in [0.25, 0.3) is 11.8 Å². The predicted octanol–water partition coefficient (Wildman–Crippen LogP) is 3.00. The van der Waals surface area contributed by atoms with E-state index in [9.17, 15) is 14.4 Å². The minimum Gasteiger partial charge on any atom is -0.326 e. The number of carbonyl (C=O) groups excluding carboxylic acids is 3. The Morgan fingerprint density at radius 2 is 1.79 bits per heavy atom. The molecule has 0 saturated carbocycles. The molecule has 1 aliphatic heterocycles. The van der Waals surface area contributed by atoms with Crippen molar-refractivity contribution in [2.24, 2.45) is 0 Å². The minimum atomic E-state index is -0.565. The van der Waals surface area contributed by atoms with Crippen molar-refractivity contribution in [3.8, 4) is 11.1 Å². The third-order valence-corrected chi connectivity index (χ3v) is 5.20. The van der Waals surface area contributed by atoms with E-state index in [1.807, 2.05) is 18.2 Å². The van der Waals surface area contributed by atoms with Crippen molar-refractivity contribution in [3.63, 3.8) is 0 Å². The summed E-state index contributed by atoms with van der Waals surface area (Å²) in [5, 5.41) is 12.0. The van der Waals surface area contributed by atoms with Crippen LogP contribution in [0, 0.1) is 6.92 Å². The number of nitrogens with zero attached hydrogens (tertiary/aromatic N) is 3. The van der Waals surface area contributed by atoms with Gasteiger partial charge >= 0.3 is 0 Å². The van der Waals surface area contributed by atoms with Gasteiger partial charge in [-0.1, -0.05) is 37.4 Å². The van der Waals surface area contributed by atoms with Crippen LogP contribution in [0.3, 0.4) is 0 Å². The maximum Gasteiger partial charge on any atom is 0.271 e. The second-order valence-electron chi connectivity index (χ2n) is 7.61. The van der Waals surface area contributed by atoms with Gasteiger partial charge in [0.15, 0.2) is 5.82 Å². The van der Waals surface area contributed by atoms with Crippen molar-refractivity contribution < 1.29 is 14.4 Å². The summed E-state index contributed by atoms with van der Waals surface area (Å²) in [5.74, 6) is -0.176. The molecule has 0 aliphatic carbocycles. The van der Waals surface area contributed by atoms with Gasteiger partial charge in [0, 0.05) is 18.2 Å². The fraction of sp³-hybridized carbons (Fsp3) is 0.125. The topological polar surface area (TPSA) is 120 Å². The van der Waals surface area contributed by atoms with E-state index in [1.54, 1.807) is 31.2 Å². The van der Waals surface area contributed by atoms with Gasteiger partial charge in [0.1, 0.15) is 11.5 Å². The van der Waals surface area contributed by atoms with E-state index < -0.39 is 5.91 Å². The largest absolute Gasteiger partial charge is 0.326 e. The molecule has 0 atom stereocenters. The molecule has 3 aromatic rings. The van der Waals surface area contributed by atoms with E-state index in [4.69, 9.17) is 0 Å². The quantitative estimate of drug-likeness (QED) is 0.507. The van der Waals surface area contributed by atoms with Crippen LogP contribution in [-0.4, -0.2) is 37.8 Å². The standard InChI is InChI=1S/C24H22N6O3/c1-13(22-26-15(3)28-29-22)25-23(32)14(2)30-12-21-19(6-5-7-20(21)24(30)33)17-8-10-18(11-9-17)27-16(4)31/h5-11H,1-2,12H2,3-4H3,(H,25,32)(H,27,31)(H,26,28,29). The summed E-state index contributed by atoms with van der Waals surface area (Å²) in [7, 11) is 0. The molecule has 0 bridgehead atoms. The Morgan fingerprint density at radius 3 is 2.42 bits per heavy atom. The first kappa shape index (κ1) is 21.7. The SMILES string of the molecule is C=C(NC(=O)C(=C)N1Cc2c(cccc2-c2ccc(NC(C)=O)cc2)C1=O)c1n[nH]c(C)n1. The zero-order valence-corrected chi connectivity index (χ0v) is 18.2. The highest BCUT2D eigenvalue weighted by Crippen LogP contribution is 2.34. The molecule has 3 amide bonds. The number of hydrogen-bond acceptors (Lipinski definition) is 5. The first-order valence-electron chi connectivity index (χ1n) is 10.1. The van der Waals surface area contributed by atoms with Gasteiger partial charge in [-0.2, -0.15) is 5.10 Å². The zero-order valence-electron chi connectivity index (χ0n) is 18.2. The molecular formula is C24H22N6O3. The molecule has 9 nitrogen and oxygen atoms in total. The lowest BCUT2D eigenvalue weighted by Gasteiger charge is -2.18. The number of aromatic nitrogens is 3. The molecule has 0 fully saturated rings. The molecule has 166 valence electrons. The molecule has 4 rings (SSSR count). The second kappa shape index (κ2) is 8.54. The molecule has 1 aliphatic rings. The highest BCUT2D eigenvalue weighted by molar-refractivity contribution is 6.07. The van der Waals surface area contributed by atoms with Gasteiger partial charge in [0.2, 0.25) is 5.91 Å². The smallest absolute Gasteiger partial charge is 0.271 e. The van der Waals surface area contributed by atoms with Gasteiger partial charge in [-0.25, -0.2) is 4.98 Å². The third-order valence-electron chi connectivity index (χ3n) is 5.20. The lowest BCUT2D eigenvalue weighted by Crippen LogP contribution is -2.34. The van der Waals surface area contributed by atoms with Crippen LogP contribution in [0.2, 0.25) is 0 Å². The molecule has 2 heterocycles. The molecule has 33 heavy (non-hydrogen) atoms. The Balaban J connectivity index is 1.53. The van der Waals surface area contributed by atoms with Crippen molar-refractivity contribution in [3.05, 3.63) is 84.1 Å². The van der Waals surface area contributed by atoms with E-state index in [2.05, 4.69) is 39.0 Å². The average molecular weight is 442 g/mol. The summed E-state index contributed by atoms with van der Waals surface area (Å²) >= 11 is 0. The van der Waals surface area contributed by atoms with E-state index in [-0.39, 0.29) is 35.6 Å². The predicted molar refractivity (Wildman–Crippen MR) is 123 cm³/mol. The van der Waals surface area contributed by atoms with Gasteiger partial charge in [0.05, 0.1) is 12.2 Å². The number of rotatable bonds is 6. The molecule has 0 saturated heterocycles. The first-order chi connectivity index (χ1) is 15.7. The van der Waals surface area contributed by atoms with Gasteiger partial charge < -0.3 is 10.6 Å². The Labute approximate surface area is 190 Å². The van der Waals surface area contributed by atoms with E-state index in [0.717, 1.165) is 16.7 Å². The molecule has 0 spiro atoms. The lowest BCUT2D eigenvalue weighted by atomic mass is 9.97. The summed E-state index contributed by atoms with van der Waals surface area (Å²) < 4.78 is 0. The normalized spacial score (nSPS) is 12.3. The maximum atomic E-state index is 13.0. The molecular weight excluding hydrogens is 420 g/mol. The van der Waals surface area contributed by atoms with Gasteiger partial charge in [-0.05, 0) is 41.8 Å². The van der Waals surface area contributed by atoms with Crippen molar-refractivity contribution in [1.82, 2.24) is 25.4 Å². The monoisotopic (exact) mass is 442 g/mol. The fourth-order valence-electron chi connectivity index (χ4n) is 3.62. The maximum absolute atomic E-state index is 13.0. The molecule has 9 heteroatoms. The second-order valence-corrected chi connectivity index (χ2v) is 7.61. The summed E-state index contributed by atoms with van der Waals surface area (Å²) in [5.41, 5.74) is 3.95. The molecule has 2 aromatic carbocycles. The van der Waals surface area contributed by atoms with E-state index in [0.29, 0.717) is 17.1 Å². The number of H-pyrrole nitrogens is 1. The number of hydrogen-bond donors (Lipinski definition) is 3. The van der Waals surface area contributed by atoms with Crippen LogP contribution in [0.25, 0.3) is 16.8 Å². The van der Waals surface area contributed by atoms with Crippen LogP contribution < -0.4 is 10.6 Å². The number of aromatic amines is 1. The average Bonchev–Trinajstić information content (AvgIpc) is 3.37. The van der Waals surface area contributed by atoms with E-state index >= 15 is 0 Å². The Bertz CT molecular complexity index is 1310. The van der Waals surface area contributed by atoms with Crippen LogP contribution >= 0.6 is 0 Å². The summed E-state index contributed by atoms with van der Waals surface area (Å²) in [6.45, 7) is 11.0. The van der Waals surface area contributed by atoms with Gasteiger partial charge in [-0.3, -0.25) is 24.4 Å².